The zero-order chi connectivity index (χ0) is 25.2. The number of Topliss-reactive ketones (excluding diaryl/α,β-unsaturated/α-hetero) is 1. The minimum Gasteiger partial charge on any atom is -0.357 e. The Kier molecular flexibility index (Phi) is 7.23. The summed E-state index contributed by atoms with van der Waals surface area (Å²) in [6.45, 7) is 4.32. The lowest BCUT2D eigenvalue weighted by atomic mass is 9.73. The maximum Gasteiger partial charge on any atom is 0.239 e. The minimum absolute atomic E-state index is 0.0195. The number of benzene rings is 2. The van der Waals surface area contributed by atoms with Crippen molar-refractivity contribution in [2.24, 2.45) is 5.41 Å². The van der Waals surface area contributed by atoms with Gasteiger partial charge in [-0.3, -0.25) is 9.59 Å². The van der Waals surface area contributed by atoms with E-state index in [0.29, 0.717) is 18.4 Å². The monoisotopic (exact) mass is 481 g/mol. The zero-order valence-electron chi connectivity index (χ0n) is 20.6. The SMILES string of the molecule is COC(CNC(=O)CN1c2ccccc2NC2=C(C(=O)CC(C)(C)C2)C1c1ccc(F)cc1)OC. The van der Waals surface area contributed by atoms with Crippen molar-refractivity contribution >= 4 is 23.1 Å². The molecule has 1 aliphatic heterocycles. The predicted octanol–water partition coefficient (Wildman–Crippen LogP) is 4.18. The molecule has 1 amide bonds. The van der Waals surface area contributed by atoms with Crippen molar-refractivity contribution in [2.45, 2.75) is 39.0 Å². The van der Waals surface area contributed by atoms with Gasteiger partial charge in [0.05, 0.1) is 30.5 Å². The number of carbonyl (C=O) groups is 2. The Labute approximate surface area is 205 Å². The van der Waals surface area contributed by atoms with Crippen molar-refractivity contribution in [3.05, 3.63) is 71.2 Å². The average molecular weight is 482 g/mol. The van der Waals surface area contributed by atoms with Crippen LogP contribution in [-0.4, -0.2) is 45.3 Å². The maximum atomic E-state index is 13.8. The fourth-order valence-electron chi connectivity index (χ4n) is 4.89. The van der Waals surface area contributed by atoms with Crippen molar-refractivity contribution in [2.75, 3.05) is 37.5 Å². The lowest BCUT2D eigenvalue weighted by Gasteiger charge is -2.38. The molecule has 1 aliphatic carbocycles. The molecule has 2 aliphatic rings. The molecule has 1 atom stereocenters. The summed E-state index contributed by atoms with van der Waals surface area (Å²) in [5.41, 5.74) is 3.60. The molecule has 1 unspecified atom stereocenters. The van der Waals surface area contributed by atoms with E-state index >= 15 is 0 Å². The van der Waals surface area contributed by atoms with E-state index in [1.54, 1.807) is 12.1 Å². The van der Waals surface area contributed by atoms with Crippen LogP contribution in [0.4, 0.5) is 15.8 Å². The second-order valence-electron chi connectivity index (χ2n) is 9.76. The molecule has 2 aromatic rings. The first kappa shape index (κ1) is 24.9. The number of fused-ring (bicyclic) bond motifs is 1. The number of halogens is 1. The summed E-state index contributed by atoms with van der Waals surface area (Å²) >= 11 is 0. The lowest BCUT2D eigenvalue weighted by molar-refractivity contribution is -0.126. The number of methoxy groups -OCH3 is 2. The normalized spacial score (nSPS) is 19.1. The maximum absolute atomic E-state index is 13.8. The minimum atomic E-state index is -0.568. The third-order valence-electron chi connectivity index (χ3n) is 6.50. The number of rotatable bonds is 7. The summed E-state index contributed by atoms with van der Waals surface area (Å²) < 4.78 is 24.2. The molecular formula is C27H32FN3O4. The number of hydrogen-bond donors (Lipinski definition) is 2. The van der Waals surface area contributed by atoms with Crippen LogP contribution in [0.1, 0.15) is 38.3 Å². The van der Waals surface area contributed by atoms with Gasteiger partial charge >= 0.3 is 0 Å². The summed E-state index contributed by atoms with van der Waals surface area (Å²) in [6.07, 6.45) is 0.510. The highest BCUT2D eigenvalue weighted by Gasteiger charge is 2.41. The van der Waals surface area contributed by atoms with Crippen LogP contribution in [-0.2, 0) is 19.1 Å². The molecule has 35 heavy (non-hydrogen) atoms. The Balaban J connectivity index is 1.81. The van der Waals surface area contributed by atoms with Crippen molar-refractivity contribution < 1.29 is 23.5 Å². The Morgan fingerprint density at radius 1 is 1.14 bits per heavy atom. The first-order chi connectivity index (χ1) is 16.7. The molecule has 0 saturated carbocycles. The summed E-state index contributed by atoms with van der Waals surface area (Å²) in [5, 5.41) is 6.35. The summed E-state index contributed by atoms with van der Waals surface area (Å²) in [4.78, 5) is 28.6. The van der Waals surface area contributed by atoms with E-state index in [4.69, 9.17) is 9.47 Å². The number of para-hydroxylation sites is 2. The summed E-state index contributed by atoms with van der Waals surface area (Å²) in [6, 6.07) is 13.3. The molecule has 1 heterocycles. The Bertz CT molecular complexity index is 1130. The number of allylic oxidation sites excluding steroid dienone is 1. The lowest BCUT2D eigenvalue weighted by Crippen LogP contribution is -2.44. The van der Waals surface area contributed by atoms with E-state index in [1.165, 1.54) is 26.4 Å². The smallest absolute Gasteiger partial charge is 0.239 e. The number of ether oxygens (including phenoxy) is 2. The fraction of sp³-hybridized carbons (Fsp3) is 0.407. The molecule has 2 N–H and O–H groups in total. The topological polar surface area (TPSA) is 79.9 Å². The van der Waals surface area contributed by atoms with Crippen LogP contribution in [0.15, 0.2) is 59.8 Å². The standard InChI is InChI=1S/C27H32FN3O4/c1-27(2)13-20-25(22(32)14-27)26(17-9-11-18(28)12-10-17)31(21-8-6-5-7-19(21)30-20)16-23(33)29-15-24(34-3)35-4/h5-12,24,26,30H,13-16H2,1-4H3,(H,29,33). The third-order valence-corrected chi connectivity index (χ3v) is 6.50. The van der Waals surface area contributed by atoms with Crippen molar-refractivity contribution in [1.82, 2.24) is 5.32 Å². The van der Waals surface area contributed by atoms with E-state index in [0.717, 1.165) is 22.6 Å². The number of amides is 1. The van der Waals surface area contributed by atoms with Gasteiger partial charge in [0.15, 0.2) is 12.1 Å². The number of hydrogen-bond acceptors (Lipinski definition) is 6. The largest absolute Gasteiger partial charge is 0.357 e. The molecular weight excluding hydrogens is 449 g/mol. The molecule has 4 rings (SSSR count). The van der Waals surface area contributed by atoms with E-state index in [1.807, 2.05) is 29.2 Å². The van der Waals surface area contributed by atoms with Gasteiger partial charge in [-0.25, -0.2) is 4.39 Å². The molecule has 186 valence electrons. The predicted molar refractivity (Wildman–Crippen MR) is 132 cm³/mol. The van der Waals surface area contributed by atoms with Gasteiger partial charge in [-0.15, -0.1) is 0 Å². The van der Waals surface area contributed by atoms with Gasteiger partial charge in [-0.05, 0) is 41.7 Å². The Morgan fingerprint density at radius 2 is 1.83 bits per heavy atom. The van der Waals surface area contributed by atoms with E-state index in [9.17, 15) is 14.0 Å². The van der Waals surface area contributed by atoms with Gasteiger partial charge < -0.3 is 25.0 Å². The number of nitrogens with one attached hydrogen (secondary N) is 2. The summed E-state index contributed by atoms with van der Waals surface area (Å²) in [7, 11) is 3.01. The van der Waals surface area contributed by atoms with Crippen LogP contribution >= 0.6 is 0 Å². The zero-order valence-corrected chi connectivity index (χ0v) is 20.6. The van der Waals surface area contributed by atoms with Crippen LogP contribution in [0, 0.1) is 11.2 Å². The molecule has 0 bridgehead atoms. The van der Waals surface area contributed by atoms with Crippen LogP contribution in [0.25, 0.3) is 0 Å². The van der Waals surface area contributed by atoms with Gasteiger partial charge in [0, 0.05) is 31.9 Å². The second-order valence-corrected chi connectivity index (χ2v) is 9.76. The molecule has 7 nitrogen and oxygen atoms in total. The van der Waals surface area contributed by atoms with E-state index < -0.39 is 12.3 Å². The van der Waals surface area contributed by atoms with Crippen molar-refractivity contribution in [3.63, 3.8) is 0 Å². The molecule has 8 heteroatoms. The number of anilines is 2. The number of nitrogens with zero attached hydrogens (tertiary/aromatic N) is 1. The quantitative estimate of drug-likeness (QED) is 0.578. The molecule has 0 spiro atoms. The van der Waals surface area contributed by atoms with E-state index in [2.05, 4.69) is 24.5 Å². The summed E-state index contributed by atoms with van der Waals surface area (Å²) in [5.74, 6) is -0.588. The van der Waals surface area contributed by atoms with Crippen molar-refractivity contribution in [3.8, 4) is 0 Å². The molecule has 0 saturated heterocycles. The van der Waals surface area contributed by atoms with Crippen molar-refractivity contribution in [1.29, 1.82) is 0 Å². The average Bonchev–Trinajstić information content (AvgIpc) is 2.94. The van der Waals surface area contributed by atoms with Gasteiger partial charge in [0.1, 0.15) is 5.82 Å². The molecule has 0 radical (unpaired) electrons. The number of carbonyl (C=O) groups excluding carboxylic acids is 2. The first-order valence-electron chi connectivity index (χ1n) is 11.7. The second kappa shape index (κ2) is 10.2. The molecule has 2 aromatic carbocycles. The highest BCUT2D eigenvalue weighted by molar-refractivity contribution is 6.01. The third kappa shape index (κ3) is 5.39. The Hall–Kier alpha value is -3.23. The number of ketones is 1. The fourth-order valence-corrected chi connectivity index (χ4v) is 4.89. The highest BCUT2D eigenvalue weighted by Crippen LogP contribution is 2.48. The first-order valence-corrected chi connectivity index (χ1v) is 11.7. The molecule has 0 aromatic heterocycles. The van der Waals surface area contributed by atoms with E-state index in [-0.39, 0.29) is 36.0 Å². The van der Waals surface area contributed by atoms with Crippen LogP contribution in [0.2, 0.25) is 0 Å². The van der Waals surface area contributed by atoms with Gasteiger partial charge in [-0.2, -0.15) is 0 Å². The van der Waals surface area contributed by atoms with Crippen LogP contribution in [0.5, 0.6) is 0 Å². The highest BCUT2D eigenvalue weighted by atomic mass is 19.1. The molecule has 0 fully saturated rings. The van der Waals surface area contributed by atoms with Gasteiger partial charge in [0.25, 0.3) is 0 Å². The Morgan fingerprint density at radius 3 is 2.51 bits per heavy atom. The van der Waals surface area contributed by atoms with Crippen LogP contribution in [0.3, 0.4) is 0 Å². The van der Waals surface area contributed by atoms with Gasteiger partial charge in [-0.1, -0.05) is 38.1 Å². The van der Waals surface area contributed by atoms with Gasteiger partial charge in [0.2, 0.25) is 5.91 Å². The van der Waals surface area contributed by atoms with Crippen LogP contribution < -0.4 is 15.5 Å².